The Bertz CT molecular complexity index is 611. The Labute approximate surface area is 136 Å². The molecule has 0 bridgehead atoms. The van der Waals surface area contributed by atoms with Gasteiger partial charge < -0.3 is 10.6 Å². The molecule has 23 heavy (non-hydrogen) atoms. The molecular formula is C18H22FN3O. The number of anilines is 2. The van der Waals surface area contributed by atoms with Crippen molar-refractivity contribution in [2.45, 2.75) is 32.6 Å². The molecule has 1 aromatic heterocycles. The molecule has 1 heterocycles. The summed E-state index contributed by atoms with van der Waals surface area (Å²) in [6, 6.07) is 10.2. The minimum Gasteiger partial charge on any atom is -0.383 e. The number of hydrogen-bond donors (Lipinski definition) is 2. The number of carbonyl (C=O) groups is 1. The second kappa shape index (κ2) is 8.88. The molecule has 0 saturated carbocycles. The standard InChI is InChI=1S/C18H22FN3O/c1-2-3-4-18(23)22-17-10-9-16(13-21-17)20-12-11-14-5-7-15(19)8-6-14/h5-10,13,20H,2-4,11-12H2,1H3,(H,21,22,23). The van der Waals surface area contributed by atoms with Crippen LogP contribution in [0.4, 0.5) is 15.9 Å². The van der Waals surface area contributed by atoms with Gasteiger partial charge in [0, 0.05) is 13.0 Å². The van der Waals surface area contributed by atoms with E-state index >= 15 is 0 Å². The van der Waals surface area contributed by atoms with Gasteiger partial charge in [-0.3, -0.25) is 4.79 Å². The highest BCUT2D eigenvalue weighted by Gasteiger charge is 2.02. The van der Waals surface area contributed by atoms with Crippen molar-refractivity contribution in [1.82, 2.24) is 4.98 Å². The Morgan fingerprint density at radius 3 is 2.61 bits per heavy atom. The zero-order chi connectivity index (χ0) is 16.5. The normalized spacial score (nSPS) is 10.3. The summed E-state index contributed by atoms with van der Waals surface area (Å²) in [5.41, 5.74) is 1.96. The largest absolute Gasteiger partial charge is 0.383 e. The van der Waals surface area contributed by atoms with Crippen LogP contribution in [0.3, 0.4) is 0 Å². The number of nitrogens with zero attached hydrogens (tertiary/aromatic N) is 1. The summed E-state index contributed by atoms with van der Waals surface area (Å²) in [4.78, 5) is 15.8. The predicted molar refractivity (Wildman–Crippen MR) is 91.0 cm³/mol. The molecule has 0 aliphatic carbocycles. The van der Waals surface area contributed by atoms with Crippen LogP contribution >= 0.6 is 0 Å². The maximum absolute atomic E-state index is 12.8. The van der Waals surface area contributed by atoms with Gasteiger partial charge in [-0.05, 0) is 42.7 Å². The van der Waals surface area contributed by atoms with Crippen LogP contribution in [-0.2, 0) is 11.2 Å². The first-order chi connectivity index (χ1) is 11.2. The van der Waals surface area contributed by atoms with Crippen LogP contribution in [0, 0.1) is 5.82 Å². The molecule has 5 heteroatoms. The van der Waals surface area contributed by atoms with Gasteiger partial charge in [0.1, 0.15) is 11.6 Å². The van der Waals surface area contributed by atoms with E-state index in [1.54, 1.807) is 24.4 Å². The number of aromatic nitrogens is 1. The fraction of sp³-hybridized carbons (Fsp3) is 0.333. The van der Waals surface area contributed by atoms with Crippen molar-refractivity contribution in [3.63, 3.8) is 0 Å². The number of benzene rings is 1. The van der Waals surface area contributed by atoms with E-state index in [0.717, 1.165) is 37.1 Å². The van der Waals surface area contributed by atoms with Gasteiger partial charge >= 0.3 is 0 Å². The van der Waals surface area contributed by atoms with E-state index in [1.807, 2.05) is 6.07 Å². The molecular weight excluding hydrogens is 293 g/mol. The number of amides is 1. The first kappa shape index (κ1) is 16.9. The van der Waals surface area contributed by atoms with Gasteiger partial charge in [-0.15, -0.1) is 0 Å². The van der Waals surface area contributed by atoms with Gasteiger partial charge in [0.15, 0.2) is 0 Å². The van der Waals surface area contributed by atoms with E-state index in [9.17, 15) is 9.18 Å². The average molecular weight is 315 g/mol. The quantitative estimate of drug-likeness (QED) is 0.774. The number of carbonyl (C=O) groups excluding carboxylic acids is 1. The number of unbranched alkanes of at least 4 members (excludes halogenated alkanes) is 1. The van der Waals surface area contributed by atoms with Crippen molar-refractivity contribution in [2.24, 2.45) is 0 Å². The molecule has 0 spiro atoms. The summed E-state index contributed by atoms with van der Waals surface area (Å²) in [5, 5.41) is 6.03. The van der Waals surface area contributed by atoms with Crippen LogP contribution in [0.2, 0.25) is 0 Å². The number of pyridine rings is 1. The summed E-state index contributed by atoms with van der Waals surface area (Å²) in [5.74, 6) is 0.342. The third kappa shape index (κ3) is 6.06. The topological polar surface area (TPSA) is 54.0 Å². The molecule has 0 saturated heterocycles. The minimum absolute atomic E-state index is 0.00336. The van der Waals surface area contributed by atoms with Crippen LogP contribution < -0.4 is 10.6 Å². The van der Waals surface area contributed by atoms with E-state index < -0.39 is 0 Å². The molecule has 122 valence electrons. The number of nitrogens with one attached hydrogen (secondary N) is 2. The van der Waals surface area contributed by atoms with Gasteiger partial charge in [-0.2, -0.15) is 0 Å². The molecule has 0 unspecified atom stereocenters. The maximum atomic E-state index is 12.8. The van der Waals surface area contributed by atoms with Crippen LogP contribution in [0.5, 0.6) is 0 Å². The average Bonchev–Trinajstić information content (AvgIpc) is 2.56. The van der Waals surface area contributed by atoms with E-state index in [2.05, 4.69) is 22.5 Å². The fourth-order valence-electron chi connectivity index (χ4n) is 2.12. The Balaban J connectivity index is 1.76. The minimum atomic E-state index is -0.220. The summed E-state index contributed by atoms with van der Waals surface area (Å²) in [7, 11) is 0. The van der Waals surface area contributed by atoms with E-state index in [1.165, 1.54) is 12.1 Å². The third-order valence-corrected chi connectivity index (χ3v) is 3.44. The van der Waals surface area contributed by atoms with Gasteiger partial charge in [-0.25, -0.2) is 9.37 Å². The molecule has 2 rings (SSSR count). The van der Waals surface area contributed by atoms with Crippen molar-refractivity contribution in [3.05, 3.63) is 54.0 Å². The lowest BCUT2D eigenvalue weighted by Gasteiger charge is -2.08. The van der Waals surface area contributed by atoms with Gasteiger partial charge in [0.2, 0.25) is 5.91 Å². The maximum Gasteiger partial charge on any atom is 0.225 e. The fourth-order valence-corrected chi connectivity index (χ4v) is 2.12. The molecule has 0 aliphatic heterocycles. The Morgan fingerprint density at radius 1 is 1.17 bits per heavy atom. The first-order valence-electron chi connectivity index (χ1n) is 7.91. The molecule has 2 aromatic rings. The Morgan fingerprint density at radius 2 is 1.96 bits per heavy atom. The highest BCUT2D eigenvalue weighted by atomic mass is 19.1. The second-order valence-electron chi connectivity index (χ2n) is 5.39. The van der Waals surface area contributed by atoms with Crippen LogP contribution in [0.25, 0.3) is 0 Å². The lowest BCUT2D eigenvalue weighted by Crippen LogP contribution is -2.12. The summed E-state index contributed by atoms with van der Waals surface area (Å²) < 4.78 is 12.8. The first-order valence-corrected chi connectivity index (χ1v) is 7.91. The lowest BCUT2D eigenvalue weighted by atomic mass is 10.1. The van der Waals surface area contributed by atoms with E-state index in [0.29, 0.717) is 12.2 Å². The second-order valence-corrected chi connectivity index (χ2v) is 5.39. The van der Waals surface area contributed by atoms with Crippen LogP contribution in [0.15, 0.2) is 42.6 Å². The molecule has 0 radical (unpaired) electrons. The summed E-state index contributed by atoms with van der Waals surface area (Å²) >= 11 is 0. The zero-order valence-electron chi connectivity index (χ0n) is 13.3. The molecule has 4 nitrogen and oxygen atoms in total. The van der Waals surface area contributed by atoms with Crippen molar-refractivity contribution in [2.75, 3.05) is 17.2 Å². The number of halogens is 1. The molecule has 0 atom stereocenters. The van der Waals surface area contributed by atoms with Gasteiger partial charge in [0.25, 0.3) is 0 Å². The summed E-state index contributed by atoms with van der Waals surface area (Å²) in [6.45, 7) is 2.79. The molecule has 0 aliphatic rings. The smallest absolute Gasteiger partial charge is 0.225 e. The molecule has 1 amide bonds. The van der Waals surface area contributed by atoms with Crippen molar-refractivity contribution >= 4 is 17.4 Å². The zero-order valence-corrected chi connectivity index (χ0v) is 13.3. The SMILES string of the molecule is CCCCC(=O)Nc1ccc(NCCc2ccc(F)cc2)cn1. The monoisotopic (exact) mass is 315 g/mol. The number of hydrogen-bond acceptors (Lipinski definition) is 3. The van der Waals surface area contributed by atoms with Gasteiger partial charge in [-0.1, -0.05) is 25.5 Å². The van der Waals surface area contributed by atoms with Crippen LogP contribution in [-0.4, -0.2) is 17.4 Å². The molecule has 0 fully saturated rings. The molecule has 2 N–H and O–H groups in total. The van der Waals surface area contributed by atoms with E-state index in [-0.39, 0.29) is 11.7 Å². The summed E-state index contributed by atoms with van der Waals surface area (Å²) in [6.07, 6.45) is 4.90. The van der Waals surface area contributed by atoms with E-state index in [4.69, 9.17) is 0 Å². The predicted octanol–water partition coefficient (Wildman–Crippen LogP) is 4.00. The van der Waals surface area contributed by atoms with Crippen molar-refractivity contribution in [3.8, 4) is 0 Å². The highest BCUT2D eigenvalue weighted by Crippen LogP contribution is 2.11. The highest BCUT2D eigenvalue weighted by molar-refractivity contribution is 5.89. The van der Waals surface area contributed by atoms with Crippen molar-refractivity contribution in [1.29, 1.82) is 0 Å². The van der Waals surface area contributed by atoms with Gasteiger partial charge in [0.05, 0.1) is 11.9 Å². The number of rotatable bonds is 8. The Kier molecular flexibility index (Phi) is 6.54. The lowest BCUT2D eigenvalue weighted by molar-refractivity contribution is -0.116. The third-order valence-electron chi connectivity index (χ3n) is 3.44. The molecule has 1 aromatic carbocycles. The van der Waals surface area contributed by atoms with Crippen LogP contribution in [0.1, 0.15) is 31.7 Å². The van der Waals surface area contributed by atoms with Crippen molar-refractivity contribution < 1.29 is 9.18 Å². The Hall–Kier alpha value is -2.43.